The van der Waals surface area contributed by atoms with E-state index in [0.717, 1.165) is 42.9 Å². The van der Waals surface area contributed by atoms with Crippen LogP contribution >= 0.6 is 0 Å². The Morgan fingerprint density at radius 2 is 1.96 bits per heavy atom. The molecule has 1 fully saturated rings. The number of carboxylic acids is 1. The molecule has 2 N–H and O–H groups in total. The molecule has 2 aromatic rings. The second kappa shape index (κ2) is 8.81. The molecule has 9 heteroatoms. The van der Waals surface area contributed by atoms with Crippen LogP contribution in [0.25, 0.3) is 11.3 Å². The summed E-state index contributed by atoms with van der Waals surface area (Å²) in [5.74, 6) is -1.96. The Kier molecular flexibility index (Phi) is 6.76. The number of alkyl halides is 3. The number of carboxylic acid groups (broad SMARTS) is 1. The summed E-state index contributed by atoms with van der Waals surface area (Å²) in [7, 11) is 0. The van der Waals surface area contributed by atoms with E-state index in [1.165, 1.54) is 0 Å². The van der Waals surface area contributed by atoms with Gasteiger partial charge in [-0.15, -0.1) is 0 Å². The van der Waals surface area contributed by atoms with Gasteiger partial charge >= 0.3 is 12.1 Å². The summed E-state index contributed by atoms with van der Waals surface area (Å²) in [4.78, 5) is 11.2. The van der Waals surface area contributed by atoms with Crippen LogP contribution in [0.5, 0.6) is 0 Å². The lowest BCUT2D eigenvalue weighted by atomic mass is 10.1. The molecule has 1 atom stereocenters. The number of hydrogen-bond donors (Lipinski definition) is 2. The average molecular weight is 372 g/mol. The second-order valence-electron chi connectivity index (χ2n) is 5.80. The van der Waals surface area contributed by atoms with Crippen LogP contribution in [0.2, 0.25) is 0 Å². The van der Waals surface area contributed by atoms with E-state index < -0.39 is 12.1 Å². The number of hydrogen-bond acceptors (Lipinski definition) is 5. The van der Waals surface area contributed by atoms with Crippen LogP contribution in [0, 0.1) is 0 Å². The first-order chi connectivity index (χ1) is 12.3. The molecule has 0 amide bonds. The molecule has 0 saturated carbocycles. The molecule has 1 aliphatic rings. The van der Waals surface area contributed by atoms with Crippen LogP contribution in [0.3, 0.4) is 0 Å². The third-order valence-corrected chi connectivity index (χ3v) is 3.93. The highest BCUT2D eigenvalue weighted by Gasteiger charge is 2.38. The molecule has 1 aliphatic heterocycles. The first-order valence-corrected chi connectivity index (χ1v) is 7.97. The van der Waals surface area contributed by atoms with Crippen LogP contribution in [0.1, 0.15) is 18.5 Å². The number of nitrogens with zero attached hydrogens (tertiary/aromatic N) is 2. The summed E-state index contributed by atoms with van der Waals surface area (Å²) >= 11 is 0. The number of carbonyl (C=O) groups is 1. The highest BCUT2D eigenvalue weighted by atomic mass is 19.4. The molecule has 3 rings (SSSR count). The maximum absolute atomic E-state index is 10.6. The maximum Gasteiger partial charge on any atom is 0.490 e. The molecule has 6 nitrogen and oxygen atoms in total. The van der Waals surface area contributed by atoms with Crippen LogP contribution in [-0.2, 0) is 11.3 Å². The van der Waals surface area contributed by atoms with Gasteiger partial charge in [-0.1, -0.05) is 35.5 Å². The van der Waals surface area contributed by atoms with E-state index in [-0.39, 0.29) is 12.6 Å². The fraction of sp³-hybridized carbons (Fsp3) is 0.412. The van der Waals surface area contributed by atoms with Gasteiger partial charge in [0.05, 0.1) is 12.3 Å². The lowest BCUT2D eigenvalue weighted by Gasteiger charge is -2.20. The quantitative estimate of drug-likeness (QED) is 0.858. The fourth-order valence-corrected chi connectivity index (χ4v) is 2.64. The van der Waals surface area contributed by atoms with Crippen molar-refractivity contribution in [2.24, 2.45) is 0 Å². The number of aliphatic hydroxyl groups excluding tert-OH is 1. The standard InChI is InChI=1S/C15H18N2O2.C2HF3O2/c18-11-14-7-4-8-17(14)10-13-9-15(19-16-13)12-5-2-1-3-6-12;3-2(4,5)1(6)7/h1-3,5-6,9,14,18H,4,7-8,10-11H2;(H,6,7)/t14-;/m0./s1. The lowest BCUT2D eigenvalue weighted by Crippen LogP contribution is -2.31. The van der Waals surface area contributed by atoms with E-state index in [1.807, 2.05) is 36.4 Å². The van der Waals surface area contributed by atoms with Gasteiger partial charge in [-0.3, -0.25) is 4.90 Å². The van der Waals surface area contributed by atoms with Gasteiger partial charge in [0.2, 0.25) is 0 Å². The molecule has 1 aromatic carbocycles. The van der Waals surface area contributed by atoms with Crippen molar-refractivity contribution in [3.63, 3.8) is 0 Å². The van der Waals surface area contributed by atoms with Crippen molar-refractivity contribution in [3.8, 4) is 11.3 Å². The van der Waals surface area contributed by atoms with Crippen LogP contribution in [0.4, 0.5) is 13.2 Å². The zero-order chi connectivity index (χ0) is 19.2. The molecular formula is C17H19F3N2O4. The predicted molar refractivity (Wildman–Crippen MR) is 86.1 cm³/mol. The minimum Gasteiger partial charge on any atom is -0.475 e. The normalized spacial score (nSPS) is 17.6. The van der Waals surface area contributed by atoms with E-state index in [0.29, 0.717) is 0 Å². The summed E-state index contributed by atoms with van der Waals surface area (Å²) < 4.78 is 37.1. The van der Waals surface area contributed by atoms with Gasteiger partial charge in [0.1, 0.15) is 0 Å². The number of benzene rings is 1. The number of aliphatic carboxylic acids is 1. The Balaban J connectivity index is 0.000000298. The molecule has 0 spiro atoms. The molecule has 0 aliphatic carbocycles. The first-order valence-electron chi connectivity index (χ1n) is 7.97. The van der Waals surface area contributed by atoms with Crippen molar-refractivity contribution in [1.29, 1.82) is 0 Å². The van der Waals surface area contributed by atoms with Crippen molar-refractivity contribution >= 4 is 5.97 Å². The lowest BCUT2D eigenvalue weighted by molar-refractivity contribution is -0.192. The molecule has 142 valence electrons. The van der Waals surface area contributed by atoms with E-state index in [2.05, 4.69) is 10.1 Å². The molecular weight excluding hydrogens is 353 g/mol. The summed E-state index contributed by atoms with van der Waals surface area (Å²) in [6, 6.07) is 12.2. The first kappa shape index (κ1) is 19.9. The van der Waals surface area contributed by atoms with Gasteiger partial charge < -0.3 is 14.7 Å². The Labute approximate surface area is 147 Å². The topological polar surface area (TPSA) is 86.8 Å². The summed E-state index contributed by atoms with van der Waals surface area (Å²) in [6.07, 6.45) is -2.87. The number of rotatable bonds is 4. The van der Waals surface area contributed by atoms with Gasteiger partial charge in [-0.05, 0) is 19.4 Å². The third kappa shape index (κ3) is 5.57. The SMILES string of the molecule is O=C(O)C(F)(F)F.OC[C@@H]1CCCN1Cc1cc(-c2ccccc2)on1. The summed E-state index contributed by atoms with van der Waals surface area (Å²) in [6.45, 7) is 2.00. The molecule has 0 bridgehead atoms. The van der Waals surface area contributed by atoms with E-state index >= 15 is 0 Å². The summed E-state index contributed by atoms with van der Waals surface area (Å²) in [5.41, 5.74) is 1.97. The molecule has 2 heterocycles. The molecule has 0 radical (unpaired) electrons. The van der Waals surface area contributed by atoms with Crippen LogP contribution in [-0.4, -0.2) is 51.6 Å². The Bertz CT molecular complexity index is 704. The highest BCUT2D eigenvalue weighted by molar-refractivity contribution is 5.73. The smallest absolute Gasteiger partial charge is 0.475 e. The van der Waals surface area contributed by atoms with E-state index in [1.54, 1.807) is 0 Å². The Hall–Kier alpha value is -2.39. The summed E-state index contributed by atoms with van der Waals surface area (Å²) in [5, 5.41) is 20.6. The zero-order valence-electron chi connectivity index (χ0n) is 13.8. The number of likely N-dealkylation sites (tertiary alicyclic amines) is 1. The maximum atomic E-state index is 10.6. The molecule has 1 aromatic heterocycles. The van der Waals surface area contributed by atoms with Gasteiger partial charge in [0.25, 0.3) is 0 Å². The number of halogens is 3. The molecule has 1 saturated heterocycles. The second-order valence-corrected chi connectivity index (χ2v) is 5.80. The van der Waals surface area contributed by atoms with Crippen LogP contribution < -0.4 is 0 Å². The van der Waals surface area contributed by atoms with Crippen LogP contribution in [0.15, 0.2) is 40.9 Å². The number of aromatic nitrogens is 1. The number of aliphatic hydroxyl groups is 1. The Morgan fingerprint density at radius 1 is 1.31 bits per heavy atom. The van der Waals surface area contributed by atoms with Gasteiger partial charge in [-0.2, -0.15) is 13.2 Å². The van der Waals surface area contributed by atoms with Gasteiger partial charge in [0, 0.05) is 24.2 Å². The fourth-order valence-electron chi connectivity index (χ4n) is 2.64. The van der Waals surface area contributed by atoms with Gasteiger partial charge in [-0.25, -0.2) is 4.79 Å². The van der Waals surface area contributed by atoms with Crippen molar-refractivity contribution in [3.05, 3.63) is 42.1 Å². The van der Waals surface area contributed by atoms with E-state index in [4.69, 9.17) is 14.4 Å². The average Bonchev–Trinajstić information content (AvgIpc) is 3.25. The monoisotopic (exact) mass is 372 g/mol. The van der Waals surface area contributed by atoms with Crippen molar-refractivity contribution in [2.45, 2.75) is 31.6 Å². The zero-order valence-corrected chi connectivity index (χ0v) is 13.8. The predicted octanol–water partition coefficient (Wildman–Crippen LogP) is 2.93. The van der Waals surface area contributed by atoms with E-state index in [9.17, 15) is 18.3 Å². The Morgan fingerprint density at radius 3 is 2.54 bits per heavy atom. The van der Waals surface area contributed by atoms with Crippen molar-refractivity contribution in [2.75, 3.05) is 13.2 Å². The minimum atomic E-state index is -5.08. The third-order valence-electron chi connectivity index (χ3n) is 3.93. The highest BCUT2D eigenvalue weighted by Crippen LogP contribution is 2.23. The van der Waals surface area contributed by atoms with Gasteiger partial charge in [0.15, 0.2) is 5.76 Å². The largest absolute Gasteiger partial charge is 0.490 e. The molecule has 26 heavy (non-hydrogen) atoms. The minimum absolute atomic E-state index is 0.226. The van der Waals surface area contributed by atoms with Crippen molar-refractivity contribution < 1.29 is 32.7 Å². The van der Waals surface area contributed by atoms with Crippen molar-refractivity contribution in [1.82, 2.24) is 10.1 Å². The molecule has 0 unspecified atom stereocenters.